The summed E-state index contributed by atoms with van der Waals surface area (Å²) in [4.78, 5) is 14.5. The summed E-state index contributed by atoms with van der Waals surface area (Å²) in [6, 6.07) is 16.0. The molecule has 1 amide bonds. The minimum atomic E-state index is -0.0745. The third kappa shape index (κ3) is 2.40. The van der Waals surface area contributed by atoms with Crippen molar-refractivity contribution in [1.29, 1.82) is 0 Å². The SMILES string of the molecule is CCN1C(=O)[C@@H](Cc2ccc(OC)cc2)c2ccccc21. The fourth-order valence-corrected chi connectivity index (χ4v) is 2.99. The van der Waals surface area contributed by atoms with Gasteiger partial charge in [-0.1, -0.05) is 30.3 Å². The first-order chi connectivity index (χ1) is 10.2. The number of carbonyl (C=O) groups excluding carboxylic acids is 1. The summed E-state index contributed by atoms with van der Waals surface area (Å²) < 4.78 is 5.18. The van der Waals surface area contributed by atoms with Crippen molar-refractivity contribution >= 4 is 11.6 Å². The molecule has 0 saturated heterocycles. The van der Waals surface area contributed by atoms with Crippen LogP contribution in [0, 0.1) is 0 Å². The largest absolute Gasteiger partial charge is 0.497 e. The highest BCUT2D eigenvalue weighted by Crippen LogP contribution is 2.38. The second kappa shape index (κ2) is 5.60. The highest BCUT2D eigenvalue weighted by atomic mass is 16.5. The number of hydrogen-bond donors (Lipinski definition) is 0. The first kappa shape index (κ1) is 13.7. The summed E-state index contributed by atoms with van der Waals surface area (Å²) >= 11 is 0. The van der Waals surface area contributed by atoms with Gasteiger partial charge >= 0.3 is 0 Å². The van der Waals surface area contributed by atoms with Crippen LogP contribution in [-0.4, -0.2) is 19.6 Å². The molecule has 1 heterocycles. The maximum absolute atomic E-state index is 12.6. The van der Waals surface area contributed by atoms with Crippen LogP contribution in [0.25, 0.3) is 0 Å². The van der Waals surface area contributed by atoms with E-state index in [1.54, 1.807) is 7.11 Å². The first-order valence-corrected chi connectivity index (χ1v) is 7.27. The van der Waals surface area contributed by atoms with Gasteiger partial charge in [-0.3, -0.25) is 4.79 Å². The Balaban J connectivity index is 1.89. The number of amides is 1. The number of methoxy groups -OCH3 is 1. The first-order valence-electron chi connectivity index (χ1n) is 7.27. The molecular formula is C18H19NO2. The number of rotatable bonds is 4. The standard InChI is InChI=1S/C18H19NO2/c1-3-19-17-7-5-4-6-15(17)16(18(19)20)12-13-8-10-14(21-2)11-9-13/h4-11,16H,3,12H2,1-2H3/t16-/m0/s1. The Kier molecular flexibility index (Phi) is 3.65. The van der Waals surface area contributed by atoms with Gasteiger partial charge in [-0.2, -0.15) is 0 Å². The molecule has 0 aromatic heterocycles. The monoisotopic (exact) mass is 281 g/mol. The predicted molar refractivity (Wildman–Crippen MR) is 83.9 cm³/mol. The van der Waals surface area contributed by atoms with E-state index in [0.717, 1.165) is 35.5 Å². The molecule has 0 radical (unpaired) electrons. The fourth-order valence-electron chi connectivity index (χ4n) is 2.99. The van der Waals surface area contributed by atoms with Gasteiger partial charge in [0, 0.05) is 12.2 Å². The van der Waals surface area contributed by atoms with Gasteiger partial charge in [-0.15, -0.1) is 0 Å². The number of anilines is 1. The lowest BCUT2D eigenvalue weighted by Crippen LogP contribution is -2.29. The average molecular weight is 281 g/mol. The van der Waals surface area contributed by atoms with Crippen LogP contribution in [0.1, 0.15) is 24.0 Å². The fraction of sp³-hybridized carbons (Fsp3) is 0.278. The van der Waals surface area contributed by atoms with Crippen LogP contribution in [0.5, 0.6) is 5.75 Å². The number of likely N-dealkylation sites (N-methyl/N-ethyl adjacent to an activating group) is 1. The lowest BCUT2D eigenvalue weighted by molar-refractivity contribution is -0.119. The Morgan fingerprint density at radius 2 is 1.81 bits per heavy atom. The topological polar surface area (TPSA) is 29.5 Å². The lowest BCUT2D eigenvalue weighted by Gasteiger charge is -2.15. The molecule has 3 nitrogen and oxygen atoms in total. The van der Waals surface area contributed by atoms with Crippen molar-refractivity contribution in [2.24, 2.45) is 0 Å². The Bertz CT molecular complexity index is 649. The average Bonchev–Trinajstić information content (AvgIpc) is 2.80. The highest BCUT2D eigenvalue weighted by molar-refractivity contribution is 6.05. The van der Waals surface area contributed by atoms with Crippen LogP contribution in [-0.2, 0) is 11.2 Å². The van der Waals surface area contributed by atoms with Crippen LogP contribution in [0.4, 0.5) is 5.69 Å². The number of ether oxygens (including phenoxy) is 1. The minimum Gasteiger partial charge on any atom is -0.497 e. The van der Waals surface area contributed by atoms with Crippen LogP contribution >= 0.6 is 0 Å². The third-order valence-electron chi connectivity index (χ3n) is 4.08. The number of carbonyl (C=O) groups is 1. The summed E-state index contributed by atoms with van der Waals surface area (Å²) in [7, 11) is 1.66. The number of nitrogens with zero attached hydrogens (tertiary/aromatic N) is 1. The minimum absolute atomic E-state index is 0.0745. The third-order valence-corrected chi connectivity index (χ3v) is 4.08. The van der Waals surface area contributed by atoms with Crippen molar-refractivity contribution in [3.05, 3.63) is 59.7 Å². The molecule has 0 unspecified atom stereocenters. The molecule has 0 spiro atoms. The molecule has 3 heteroatoms. The van der Waals surface area contributed by atoms with E-state index in [9.17, 15) is 4.79 Å². The number of fused-ring (bicyclic) bond motifs is 1. The number of hydrogen-bond acceptors (Lipinski definition) is 2. The Labute approximate surface area is 125 Å². The molecule has 0 aliphatic carbocycles. The lowest BCUT2D eigenvalue weighted by atomic mass is 9.93. The van der Waals surface area contributed by atoms with Gasteiger partial charge in [-0.25, -0.2) is 0 Å². The second-order valence-electron chi connectivity index (χ2n) is 5.25. The van der Waals surface area contributed by atoms with Crippen molar-refractivity contribution in [2.45, 2.75) is 19.3 Å². The Hall–Kier alpha value is -2.29. The van der Waals surface area contributed by atoms with Crippen molar-refractivity contribution in [3.8, 4) is 5.75 Å². The zero-order chi connectivity index (χ0) is 14.8. The quantitative estimate of drug-likeness (QED) is 0.859. The van der Waals surface area contributed by atoms with Crippen LogP contribution in [0.15, 0.2) is 48.5 Å². The molecule has 2 aromatic carbocycles. The Morgan fingerprint density at radius 1 is 1.10 bits per heavy atom. The second-order valence-corrected chi connectivity index (χ2v) is 5.25. The van der Waals surface area contributed by atoms with E-state index in [1.807, 2.05) is 54.3 Å². The Morgan fingerprint density at radius 3 is 2.48 bits per heavy atom. The van der Waals surface area contributed by atoms with Gasteiger partial charge in [0.1, 0.15) is 5.75 Å². The maximum Gasteiger partial charge on any atom is 0.234 e. The summed E-state index contributed by atoms with van der Waals surface area (Å²) in [5, 5.41) is 0. The van der Waals surface area contributed by atoms with Crippen molar-refractivity contribution < 1.29 is 9.53 Å². The van der Waals surface area contributed by atoms with E-state index in [-0.39, 0.29) is 11.8 Å². The summed E-state index contributed by atoms with van der Waals surface area (Å²) in [5.41, 5.74) is 3.35. The molecule has 21 heavy (non-hydrogen) atoms. The van der Waals surface area contributed by atoms with Gasteiger partial charge in [0.15, 0.2) is 0 Å². The number of benzene rings is 2. The van der Waals surface area contributed by atoms with Crippen molar-refractivity contribution in [1.82, 2.24) is 0 Å². The molecule has 0 N–H and O–H groups in total. The highest BCUT2D eigenvalue weighted by Gasteiger charge is 2.35. The van der Waals surface area contributed by atoms with Crippen molar-refractivity contribution in [2.75, 3.05) is 18.6 Å². The molecule has 0 saturated carbocycles. The van der Waals surface area contributed by atoms with Gasteiger partial charge < -0.3 is 9.64 Å². The molecule has 1 atom stereocenters. The van der Waals surface area contributed by atoms with Crippen LogP contribution < -0.4 is 9.64 Å². The van der Waals surface area contributed by atoms with Gasteiger partial charge in [0.2, 0.25) is 5.91 Å². The summed E-state index contributed by atoms with van der Waals surface area (Å²) in [6.07, 6.45) is 0.732. The van der Waals surface area contributed by atoms with Crippen LogP contribution in [0.2, 0.25) is 0 Å². The molecular weight excluding hydrogens is 262 g/mol. The normalized spacial score (nSPS) is 17.0. The summed E-state index contributed by atoms with van der Waals surface area (Å²) in [5.74, 6) is 0.969. The van der Waals surface area contributed by atoms with Crippen molar-refractivity contribution in [3.63, 3.8) is 0 Å². The van der Waals surface area contributed by atoms with Gasteiger partial charge in [-0.05, 0) is 42.7 Å². The molecule has 2 aromatic rings. The smallest absolute Gasteiger partial charge is 0.234 e. The van der Waals surface area contributed by atoms with E-state index < -0.39 is 0 Å². The van der Waals surface area contributed by atoms with E-state index >= 15 is 0 Å². The van der Waals surface area contributed by atoms with Crippen LogP contribution in [0.3, 0.4) is 0 Å². The van der Waals surface area contributed by atoms with E-state index in [4.69, 9.17) is 4.74 Å². The predicted octanol–water partition coefficient (Wildman–Crippen LogP) is 3.39. The van der Waals surface area contributed by atoms with Gasteiger partial charge in [0.05, 0.1) is 13.0 Å². The molecule has 0 fully saturated rings. The molecule has 1 aliphatic rings. The molecule has 3 rings (SSSR count). The number of para-hydroxylation sites is 1. The maximum atomic E-state index is 12.6. The zero-order valence-electron chi connectivity index (χ0n) is 12.4. The van der Waals surface area contributed by atoms with Gasteiger partial charge in [0.25, 0.3) is 0 Å². The zero-order valence-corrected chi connectivity index (χ0v) is 12.4. The van der Waals surface area contributed by atoms with E-state index in [2.05, 4.69) is 6.07 Å². The van der Waals surface area contributed by atoms with E-state index in [0.29, 0.717) is 0 Å². The molecule has 1 aliphatic heterocycles. The molecule has 0 bridgehead atoms. The molecule has 108 valence electrons. The van der Waals surface area contributed by atoms with E-state index in [1.165, 1.54) is 0 Å². The summed E-state index contributed by atoms with van der Waals surface area (Å²) in [6.45, 7) is 2.74.